The Bertz CT molecular complexity index is 501. The van der Waals surface area contributed by atoms with Crippen LogP contribution in [0.1, 0.15) is 22.3 Å². The zero-order valence-corrected chi connectivity index (χ0v) is 10.7. The van der Waals surface area contributed by atoms with Gasteiger partial charge < -0.3 is 5.73 Å². The Labute approximate surface area is 103 Å². The largest absolute Gasteiger partial charge is 0.326 e. The minimum atomic E-state index is 0.617. The van der Waals surface area contributed by atoms with Gasteiger partial charge in [0.2, 0.25) is 0 Å². The molecule has 0 aromatic heterocycles. The van der Waals surface area contributed by atoms with Crippen molar-refractivity contribution in [3.63, 3.8) is 0 Å². The van der Waals surface area contributed by atoms with Crippen molar-refractivity contribution in [2.24, 2.45) is 5.73 Å². The summed E-state index contributed by atoms with van der Waals surface area (Å²) in [5.41, 5.74) is 13.4. The number of aryl methyl sites for hydroxylation is 3. The van der Waals surface area contributed by atoms with E-state index in [1.54, 1.807) is 0 Å². The van der Waals surface area contributed by atoms with E-state index >= 15 is 0 Å². The summed E-state index contributed by atoms with van der Waals surface area (Å²) in [6.07, 6.45) is 0. The van der Waals surface area contributed by atoms with Crippen molar-refractivity contribution in [2.45, 2.75) is 27.3 Å². The van der Waals surface area contributed by atoms with Crippen LogP contribution in [0.15, 0.2) is 36.4 Å². The van der Waals surface area contributed by atoms with Gasteiger partial charge in [-0.25, -0.2) is 0 Å². The molecular weight excluding hydrogens is 206 g/mol. The molecule has 0 heterocycles. The molecule has 0 aliphatic carbocycles. The summed E-state index contributed by atoms with van der Waals surface area (Å²) in [6.45, 7) is 6.99. The van der Waals surface area contributed by atoms with E-state index in [1.165, 1.54) is 33.4 Å². The summed E-state index contributed by atoms with van der Waals surface area (Å²) in [6, 6.07) is 13.1. The zero-order chi connectivity index (χ0) is 12.4. The van der Waals surface area contributed by atoms with Gasteiger partial charge in [-0.1, -0.05) is 42.0 Å². The maximum atomic E-state index is 5.76. The Kier molecular flexibility index (Phi) is 3.30. The van der Waals surface area contributed by atoms with E-state index in [-0.39, 0.29) is 0 Å². The van der Waals surface area contributed by atoms with Gasteiger partial charge in [0.05, 0.1) is 0 Å². The zero-order valence-electron chi connectivity index (χ0n) is 10.7. The molecule has 2 rings (SSSR count). The van der Waals surface area contributed by atoms with E-state index in [4.69, 9.17) is 5.73 Å². The number of rotatable bonds is 2. The average Bonchev–Trinajstić information content (AvgIpc) is 2.29. The topological polar surface area (TPSA) is 26.0 Å². The Morgan fingerprint density at radius 3 is 1.82 bits per heavy atom. The molecule has 0 amide bonds. The lowest BCUT2D eigenvalue weighted by molar-refractivity contribution is 1.03. The third kappa shape index (κ3) is 2.40. The second kappa shape index (κ2) is 4.72. The molecule has 0 spiro atoms. The molecule has 0 aliphatic rings. The molecule has 1 nitrogen and oxygen atoms in total. The van der Waals surface area contributed by atoms with Gasteiger partial charge in [-0.05, 0) is 48.6 Å². The summed E-state index contributed by atoms with van der Waals surface area (Å²) in [5.74, 6) is 0. The molecule has 0 radical (unpaired) electrons. The lowest BCUT2D eigenvalue weighted by atomic mass is 9.95. The third-order valence-corrected chi connectivity index (χ3v) is 3.29. The molecule has 1 heteroatoms. The Morgan fingerprint density at radius 1 is 0.824 bits per heavy atom. The number of hydrogen-bond acceptors (Lipinski definition) is 1. The molecule has 0 fully saturated rings. The molecule has 17 heavy (non-hydrogen) atoms. The summed E-state index contributed by atoms with van der Waals surface area (Å²) >= 11 is 0. The van der Waals surface area contributed by atoms with E-state index in [0.29, 0.717) is 6.54 Å². The van der Waals surface area contributed by atoms with Crippen LogP contribution < -0.4 is 5.73 Å². The molecule has 2 N–H and O–H groups in total. The molecule has 2 aromatic rings. The smallest absolute Gasteiger partial charge is 0.0183 e. The van der Waals surface area contributed by atoms with Gasteiger partial charge in [0, 0.05) is 6.54 Å². The summed E-state index contributed by atoms with van der Waals surface area (Å²) < 4.78 is 0. The monoisotopic (exact) mass is 225 g/mol. The minimum Gasteiger partial charge on any atom is -0.326 e. The van der Waals surface area contributed by atoms with Crippen molar-refractivity contribution in [1.29, 1.82) is 0 Å². The molecule has 0 saturated heterocycles. The van der Waals surface area contributed by atoms with Crippen molar-refractivity contribution in [3.05, 3.63) is 58.7 Å². The summed E-state index contributed by atoms with van der Waals surface area (Å²) in [7, 11) is 0. The van der Waals surface area contributed by atoms with E-state index in [0.717, 1.165) is 0 Å². The lowest BCUT2D eigenvalue weighted by Crippen LogP contribution is -2.02. The number of benzene rings is 2. The molecular formula is C16H19N. The van der Waals surface area contributed by atoms with Crippen LogP contribution >= 0.6 is 0 Å². The molecule has 0 bridgehead atoms. The van der Waals surface area contributed by atoms with Crippen LogP contribution in [0.2, 0.25) is 0 Å². The van der Waals surface area contributed by atoms with Crippen LogP contribution in [-0.4, -0.2) is 0 Å². The minimum absolute atomic E-state index is 0.617. The standard InChI is InChI=1S/C16H19N/c1-11-4-6-14(7-5-11)15-8-12(2)16(10-17)13(3)9-15/h4-9H,10,17H2,1-3H3. The fraction of sp³-hybridized carbons (Fsp3) is 0.250. The van der Waals surface area contributed by atoms with Crippen LogP contribution in [0.3, 0.4) is 0 Å². The summed E-state index contributed by atoms with van der Waals surface area (Å²) in [4.78, 5) is 0. The highest BCUT2D eigenvalue weighted by Crippen LogP contribution is 2.25. The Morgan fingerprint density at radius 2 is 1.35 bits per heavy atom. The molecule has 0 aliphatic heterocycles. The van der Waals surface area contributed by atoms with Gasteiger partial charge in [0.1, 0.15) is 0 Å². The van der Waals surface area contributed by atoms with Gasteiger partial charge >= 0.3 is 0 Å². The summed E-state index contributed by atoms with van der Waals surface area (Å²) in [5, 5.41) is 0. The molecule has 0 unspecified atom stereocenters. The van der Waals surface area contributed by atoms with Crippen molar-refractivity contribution >= 4 is 0 Å². The second-order valence-corrected chi connectivity index (χ2v) is 4.66. The van der Waals surface area contributed by atoms with Crippen molar-refractivity contribution < 1.29 is 0 Å². The predicted molar refractivity (Wildman–Crippen MR) is 74.0 cm³/mol. The fourth-order valence-corrected chi connectivity index (χ4v) is 2.23. The first kappa shape index (κ1) is 11.9. The molecule has 0 saturated carbocycles. The maximum absolute atomic E-state index is 5.76. The van der Waals surface area contributed by atoms with E-state index in [2.05, 4.69) is 57.2 Å². The normalized spacial score (nSPS) is 10.6. The molecule has 88 valence electrons. The van der Waals surface area contributed by atoms with Crippen molar-refractivity contribution in [1.82, 2.24) is 0 Å². The predicted octanol–water partition coefficient (Wildman–Crippen LogP) is 3.74. The van der Waals surface area contributed by atoms with Crippen molar-refractivity contribution in [2.75, 3.05) is 0 Å². The van der Waals surface area contributed by atoms with E-state index in [9.17, 15) is 0 Å². The SMILES string of the molecule is Cc1ccc(-c2cc(C)c(CN)c(C)c2)cc1. The first-order valence-corrected chi connectivity index (χ1v) is 5.99. The van der Waals surface area contributed by atoms with Gasteiger partial charge in [-0.3, -0.25) is 0 Å². The third-order valence-electron chi connectivity index (χ3n) is 3.29. The highest BCUT2D eigenvalue weighted by atomic mass is 14.5. The molecule has 2 aromatic carbocycles. The van der Waals surface area contributed by atoms with Gasteiger partial charge in [-0.2, -0.15) is 0 Å². The molecule has 0 atom stereocenters. The van der Waals surface area contributed by atoms with Gasteiger partial charge in [0.25, 0.3) is 0 Å². The first-order valence-electron chi connectivity index (χ1n) is 5.99. The van der Waals surface area contributed by atoms with Crippen LogP contribution in [0, 0.1) is 20.8 Å². The van der Waals surface area contributed by atoms with Crippen LogP contribution in [0.25, 0.3) is 11.1 Å². The second-order valence-electron chi connectivity index (χ2n) is 4.66. The first-order chi connectivity index (χ1) is 8.11. The van der Waals surface area contributed by atoms with E-state index < -0.39 is 0 Å². The Balaban J connectivity index is 2.50. The quantitative estimate of drug-likeness (QED) is 0.828. The van der Waals surface area contributed by atoms with Crippen LogP contribution in [-0.2, 0) is 6.54 Å². The van der Waals surface area contributed by atoms with Crippen LogP contribution in [0.5, 0.6) is 0 Å². The van der Waals surface area contributed by atoms with Crippen LogP contribution in [0.4, 0.5) is 0 Å². The highest BCUT2D eigenvalue weighted by molar-refractivity contribution is 5.66. The number of hydrogen-bond donors (Lipinski definition) is 1. The fourth-order valence-electron chi connectivity index (χ4n) is 2.23. The van der Waals surface area contributed by atoms with Gasteiger partial charge in [0.15, 0.2) is 0 Å². The van der Waals surface area contributed by atoms with Gasteiger partial charge in [-0.15, -0.1) is 0 Å². The van der Waals surface area contributed by atoms with E-state index in [1.807, 2.05) is 0 Å². The number of nitrogens with two attached hydrogens (primary N) is 1. The maximum Gasteiger partial charge on any atom is 0.0183 e. The highest BCUT2D eigenvalue weighted by Gasteiger charge is 2.05. The average molecular weight is 225 g/mol. The lowest BCUT2D eigenvalue weighted by Gasteiger charge is -2.11. The Hall–Kier alpha value is -1.60. The van der Waals surface area contributed by atoms with Crippen molar-refractivity contribution in [3.8, 4) is 11.1 Å².